The summed E-state index contributed by atoms with van der Waals surface area (Å²) in [6.45, 7) is -3.41. The zero-order valence-corrected chi connectivity index (χ0v) is 17.0. The number of benzene rings is 2. The Hall–Kier alpha value is -3.27. The Balaban J connectivity index is 2.03. The number of hydrogen-bond acceptors (Lipinski definition) is 6. The van der Waals surface area contributed by atoms with E-state index in [1.807, 2.05) is 0 Å². The summed E-state index contributed by atoms with van der Waals surface area (Å²) in [4.78, 5) is 24.5. The highest BCUT2D eigenvalue weighted by Gasteiger charge is 2.16. The zero-order valence-electron chi connectivity index (χ0n) is 16.3. The average molecular weight is 445 g/mol. The van der Waals surface area contributed by atoms with Crippen LogP contribution in [0.2, 0.25) is 5.02 Å². The number of halogens is 3. The first-order valence-electron chi connectivity index (χ1n) is 8.41. The fraction of sp³-hybridized carbons (Fsp3) is 0.263. The molecule has 0 aliphatic heterocycles. The number of carbonyl (C=O) groups excluding carboxylic acids is 2. The lowest BCUT2D eigenvalue weighted by atomic mass is 10.2. The Bertz CT molecular complexity index is 926. The van der Waals surface area contributed by atoms with Crippen LogP contribution < -0.4 is 29.6 Å². The SMILES string of the molecule is COc1cc(OC)c(NC(=O)CNC(=O)c2ccc(OC(F)F)c(OC)c2)cc1Cl. The molecule has 0 bridgehead atoms. The molecule has 0 unspecified atom stereocenters. The fourth-order valence-corrected chi connectivity index (χ4v) is 2.66. The minimum Gasteiger partial charge on any atom is -0.495 e. The summed E-state index contributed by atoms with van der Waals surface area (Å²) in [6, 6.07) is 6.61. The van der Waals surface area contributed by atoms with Gasteiger partial charge in [0.25, 0.3) is 5.91 Å². The molecule has 0 aromatic heterocycles. The molecule has 2 rings (SSSR count). The van der Waals surface area contributed by atoms with Crippen molar-refractivity contribution in [3.05, 3.63) is 40.9 Å². The third-order valence-electron chi connectivity index (χ3n) is 3.80. The van der Waals surface area contributed by atoms with Gasteiger partial charge in [-0.15, -0.1) is 0 Å². The van der Waals surface area contributed by atoms with Crippen molar-refractivity contribution in [2.24, 2.45) is 0 Å². The van der Waals surface area contributed by atoms with Gasteiger partial charge in [-0.2, -0.15) is 8.78 Å². The Kier molecular flexibility index (Phi) is 8.05. The number of ether oxygens (including phenoxy) is 4. The monoisotopic (exact) mass is 444 g/mol. The molecule has 11 heteroatoms. The predicted octanol–water partition coefficient (Wildman–Crippen LogP) is 3.34. The van der Waals surface area contributed by atoms with Crippen LogP contribution in [-0.2, 0) is 4.79 Å². The van der Waals surface area contributed by atoms with E-state index in [1.54, 1.807) is 0 Å². The van der Waals surface area contributed by atoms with Crippen molar-refractivity contribution in [1.82, 2.24) is 5.32 Å². The summed E-state index contributed by atoms with van der Waals surface area (Å²) >= 11 is 6.05. The molecule has 162 valence electrons. The number of amides is 2. The third-order valence-corrected chi connectivity index (χ3v) is 4.09. The molecule has 2 aromatic rings. The van der Waals surface area contributed by atoms with Gasteiger partial charge in [-0.1, -0.05) is 11.6 Å². The fourth-order valence-electron chi connectivity index (χ4n) is 2.42. The summed E-state index contributed by atoms with van der Waals surface area (Å²) in [7, 11) is 4.10. The van der Waals surface area contributed by atoms with Crippen LogP contribution >= 0.6 is 11.6 Å². The number of hydrogen-bond donors (Lipinski definition) is 2. The molecule has 0 radical (unpaired) electrons. The lowest BCUT2D eigenvalue weighted by Gasteiger charge is -2.14. The van der Waals surface area contributed by atoms with Gasteiger partial charge in [0.2, 0.25) is 5.91 Å². The van der Waals surface area contributed by atoms with Crippen LogP contribution in [0, 0.1) is 0 Å². The molecule has 2 N–H and O–H groups in total. The molecule has 2 amide bonds. The third kappa shape index (κ3) is 5.86. The van der Waals surface area contributed by atoms with E-state index in [4.69, 9.17) is 25.8 Å². The highest BCUT2D eigenvalue weighted by Crippen LogP contribution is 2.35. The molecule has 2 aromatic carbocycles. The minimum atomic E-state index is -3.04. The van der Waals surface area contributed by atoms with E-state index in [0.717, 1.165) is 0 Å². The highest BCUT2D eigenvalue weighted by molar-refractivity contribution is 6.32. The van der Waals surface area contributed by atoms with E-state index in [0.29, 0.717) is 11.5 Å². The van der Waals surface area contributed by atoms with Crippen LogP contribution in [0.1, 0.15) is 10.4 Å². The van der Waals surface area contributed by atoms with Gasteiger partial charge in [0.15, 0.2) is 11.5 Å². The lowest BCUT2D eigenvalue weighted by molar-refractivity contribution is -0.115. The minimum absolute atomic E-state index is 0.0509. The van der Waals surface area contributed by atoms with E-state index in [2.05, 4.69) is 15.4 Å². The van der Waals surface area contributed by atoms with E-state index in [-0.39, 0.29) is 34.3 Å². The van der Waals surface area contributed by atoms with Crippen molar-refractivity contribution < 1.29 is 37.3 Å². The van der Waals surface area contributed by atoms with Crippen LogP contribution in [0.15, 0.2) is 30.3 Å². The molecule has 0 fully saturated rings. The maximum atomic E-state index is 12.4. The largest absolute Gasteiger partial charge is 0.495 e. The molecule has 8 nitrogen and oxygen atoms in total. The first-order chi connectivity index (χ1) is 14.3. The molecular weight excluding hydrogens is 426 g/mol. The van der Waals surface area contributed by atoms with Crippen molar-refractivity contribution in [2.75, 3.05) is 33.2 Å². The second kappa shape index (κ2) is 10.5. The topological polar surface area (TPSA) is 95.1 Å². The summed E-state index contributed by atoms with van der Waals surface area (Å²) in [6.07, 6.45) is 0. The van der Waals surface area contributed by atoms with E-state index < -0.39 is 18.4 Å². The van der Waals surface area contributed by atoms with Crippen LogP contribution in [0.3, 0.4) is 0 Å². The molecule has 0 atom stereocenters. The number of rotatable bonds is 9. The predicted molar refractivity (Wildman–Crippen MR) is 105 cm³/mol. The highest BCUT2D eigenvalue weighted by atomic mass is 35.5. The summed E-state index contributed by atoms with van der Waals surface area (Å²) in [5.74, 6) is -0.752. The van der Waals surface area contributed by atoms with E-state index in [9.17, 15) is 18.4 Å². The maximum absolute atomic E-state index is 12.4. The van der Waals surface area contributed by atoms with Crippen molar-refractivity contribution in [3.8, 4) is 23.0 Å². The summed E-state index contributed by atoms with van der Waals surface area (Å²) in [5.41, 5.74) is 0.379. The Labute approximate surface area is 176 Å². The van der Waals surface area contributed by atoms with Gasteiger partial charge in [-0.25, -0.2) is 0 Å². The molecule has 30 heavy (non-hydrogen) atoms. The standard InChI is InChI=1S/C19H19ClF2N2O6/c1-27-14-8-15(28-2)12(7-11(14)20)24-17(25)9-23-18(26)10-4-5-13(30-19(21)22)16(6-10)29-3/h4-8,19H,9H2,1-3H3,(H,23,26)(H,24,25). The van der Waals surface area contributed by atoms with Gasteiger partial charge in [-0.3, -0.25) is 9.59 Å². The molecule has 0 saturated carbocycles. The number of methoxy groups -OCH3 is 3. The van der Waals surface area contributed by atoms with E-state index >= 15 is 0 Å². The first kappa shape index (κ1) is 23.0. The number of anilines is 1. The number of alkyl halides is 2. The zero-order chi connectivity index (χ0) is 22.3. The maximum Gasteiger partial charge on any atom is 0.387 e. The summed E-state index contributed by atoms with van der Waals surface area (Å²) in [5, 5.41) is 5.24. The number of nitrogens with one attached hydrogen (secondary N) is 2. The average Bonchev–Trinajstić information content (AvgIpc) is 2.72. The Morgan fingerprint density at radius 2 is 1.63 bits per heavy atom. The summed E-state index contributed by atoms with van der Waals surface area (Å²) < 4.78 is 44.3. The molecule has 0 saturated heterocycles. The van der Waals surface area contributed by atoms with Crippen molar-refractivity contribution >= 4 is 29.1 Å². The molecule has 0 heterocycles. The lowest BCUT2D eigenvalue weighted by Crippen LogP contribution is -2.33. The first-order valence-corrected chi connectivity index (χ1v) is 8.79. The molecular formula is C19H19ClF2N2O6. The second-order valence-corrected chi connectivity index (χ2v) is 6.07. The van der Waals surface area contributed by atoms with Crippen LogP contribution in [-0.4, -0.2) is 46.3 Å². The molecule has 0 spiro atoms. The van der Waals surface area contributed by atoms with Crippen molar-refractivity contribution in [2.45, 2.75) is 6.61 Å². The smallest absolute Gasteiger partial charge is 0.387 e. The van der Waals surface area contributed by atoms with Gasteiger partial charge in [0, 0.05) is 11.6 Å². The number of carbonyl (C=O) groups is 2. The van der Waals surface area contributed by atoms with Gasteiger partial charge in [0.05, 0.1) is 38.6 Å². The molecule has 0 aliphatic carbocycles. The van der Waals surface area contributed by atoms with Crippen LogP contribution in [0.4, 0.5) is 14.5 Å². The van der Waals surface area contributed by atoms with Crippen LogP contribution in [0.5, 0.6) is 23.0 Å². The van der Waals surface area contributed by atoms with Crippen molar-refractivity contribution in [1.29, 1.82) is 0 Å². The van der Waals surface area contributed by atoms with Crippen molar-refractivity contribution in [3.63, 3.8) is 0 Å². The Morgan fingerprint density at radius 1 is 0.967 bits per heavy atom. The van der Waals surface area contributed by atoms with Crippen LogP contribution in [0.25, 0.3) is 0 Å². The normalized spacial score (nSPS) is 10.4. The van der Waals surface area contributed by atoms with Gasteiger partial charge >= 0.3 is 6.61 Å². The Morgan fingerprint density at radius 3 is 2.23 bits per heavy atom. The second-order valence-electron chi connectivity index (χ2n) is 5.66. The quantitative estimate of drug-likeness (QED) is 0.616. The van der Waals surface area contributed by atoms with Gasteiger partial charge in [0.1, 0.15) is 11.5 Å². The van der Waals surface area contributed by atoms with Gasteiger partial charge < -0.3 is 29.6 Å². The van der Waals surface area contributed by atoms with E-state index in [1.165, 1.54) is 51.7 Å². The van der Waals surface area contributed by atoms with Gasteiger partial charge in [-0.05, 0) is 24.3 Å². The molecule has 0 aliphatic rings.